The Morgan fingerprint density at radius 3 is 2.51 bits per heavy atom. The Bertz CT molecular complexity index is 1450. The molecule has 10 nitrogen and oxygen atoms in total. The first-order valence-electron chi connectivity index (χ1n) is 12.0. The van der Waals surface area contributed by atoms with Gasteiger partial charge in [0.1, 0.15) is 22.9 Å². The first-order valence-corrected chi connectivity index (χ1v) is 10.5. The smallest absolute Gasteiger partial charge is 0.196 e. The zero-order chi connectivity index (χ0) is 27.5. The van der Waals surface area contributed by atoms with Crippen molar-refractivity contribution in [2.75, 3.05) is 13.7 Å². The van der Waals surface area contributed by atoms with Crippen molar-refractivity contribution in [3.63, 3.8) is 0 Å². The average molecular weight is 485 g/mol. The summed E-state index contributed by atoms with van der Waals surface area (Å²) in [7, 11) is 1.32. The van der Waals surface area contributed by atoms with Gasteiger partial charge in [0.2, 0.25) is 0 Å². The van der Waals surface area contributed by atoms with Crippen LogP contribution in [0.4, 0.5) is 0 Å². The van der Waals surface area contributed by atoms with Gasteiger partial charge in [-0.25, -0.2) is 0 Å². The lowest BCUT2D eigenvalue weighted by Crippen LogP contribution is -2.36. The zero-order valence-electron chi connectivity index (χ0n) is 21.2. The maximum Gasteiger partial charge on any atom is 0.196 e. The summed E-state index contributed by atoms with van der Waals surface area (Å²) in [5.41, 5.74) is 0.0403. The van der Waals surface area contributed by atoms with Crippen LogP contribution in [0.25, 0.3) is 0 Å². The lowest BCUT2D eigenvalue weighted by atomic mass is 9.92. The van der Waals surface area contributed by atoms with Crippen LogP contribution in [-0.4, -0.2) is 57.2 Å². The van der Waals surface area contributed by atoms with Crippen LogP contribution in [0.3, 0.4) is 0 Å². The van der Waals surface area contributed by atoms with Gasteiger partial charge in [-0.2, -0.15) is 0 Å². The third-order valence-corrected chi connectivity index (χ3v) is 5.79. The van der Waals surface area contributed by atoms with Gasteiger partial charge in [-0.15, -0.1) is 0 Å². The van der Waals surface area contributed by atoms with Gasteiger partial charge in [0.05, 0.1) is 17.8 Å². The number of ether oxygens (including phenoxy) is 4. The minimum atomic E-state index is -1.76. The molecule has 2 aromatic rings. The van der Waals surface area contributed by atoms with E-state index >= 15 is 0 Å². The molecule has 0 saturated heterocycles. The van der Waals surface area contributed by atoms with Crippen molar-refractivity contribution in [3.8, 4) is 23.0 Å². The van der Waals surface area contributed by atoms with Crippen molar-refractivity contribution in [3.05, 3.63) is 82.5 Å². The summed E-state index contributed by atoms with van der Waals surface area (Å²) in [6, 6.07) is 5.35. The van der Waals surface area contributed by atoms with Gasteiger partial charge >= 0.3 is 0 Å². The molecule has 0 aromatic heterocycles. The van der Waals surface area contributed by atoms with Gasteiger partial charge in [-0.3, -0.25) is 4.79 Å². The van der Waals surface area contributed by atoms with Crippen LogP contribution in [-0.2, 0) is 9.53 Å². The van der Waals surface area contributed by atoms with E-state index in [9.17, 15) is 30.3 Å². The highest BCUT2D eigenvalue weighted by Gasteiger charge is 2.40. The molecule has 0 radical (unpaired) electrons. The molecule has 182 valence electrons. The highest BCUT2D eigenvalue weighted by Crippen LogP contribution is 2.45. The highest BCUT2D eigenvalue weighted by atomic mass is 16.6. The minimum absolute atomic E-state index is 0.0266. The molecule has 2 heterocycles. The third-order valence-electron chi connectivity index (χ3n) is 5.79. The molecule has 35 heavy (non-hydrogen) atoms. The summed E-state index contributed by atoms with van der Waals surface area (Å²) < 4.78 is 46.5. The molecule has 4 atom stereocenters. The first kappa shape index (κ1) is 19.2. The number of carbonyl (C=O) groups is 1. The van der Waals surface area contributed by atoms with E-state index in [0.29, 0.717) is 5.56 Å². The van der Waals surface area contributed by atoms with Gasteiger partial charge in [0, 0.05) is 17.7 Å². The predicted molar refractivity (Wildman–Crippen MR) is 119 cm³/mol. The van der Waals surface area contributed by atoms with Gasteiger partial charge in [-0.05, 0) is 29.8 Å². The Labute approximate surface area is 203 Å². The molecule has 2 aliphatic heterocycles. The fraction of sp³-hybridized carbons (Fsp3) is 0.240. The monoisotopic (exact) mass is 485 g/mol. The van der Waals surface area contributed by atoms with Crippen molar-refractivity contribution in [2.45, 2.75) is 24.4 Å². The van der Waals surface area contributed by atoms with Crippen LogP contribution in [0.5, 0.6) is 23.0 Å². The quantitative estimate of drug-likeness (QED) is 0.436. The Balaban J connectivity index is 1.53. The molecule has 2 aromatic carbocycles. The van der Waals surface area contributed by atoms with Crippen LogP contribution in [0.15, 0.2) is 71.3 Å². The van der Waals surface area contributed by atoms with E-state index in [4.69, 9.17) is 23.1 Å². The van der Waals surface area contributed by atoms with Crippen molar-refractivity contribution >= 4 is 5.78 Å². The highest BCUT2D eigenvalue weighted by molar-refractivity contribution is 6.09. The largest absolute Gasteiger partial charge is 0.508 e. The fourth-order valence-corrected chi connectivity index (χ4v) is 4.08. The Kier molecular flexibility index (Phi) is 4.70. The van der Waals surface area contributed by atoms with E-state index in [1.165, 1.54) is 37.4 Å². The van der Waals surface area contributed by atoms with E-state index in [1.54, 1.807) is 0 Å². The Morgan fingerprint density at radius 1 is 1.00 bits per heavy atom. The normalized spacial score (nSPS) is 27.1. The molecule has 10 heteroatoms. The second kappa shape index (κ2) is 8.57. The fourth-order valence-electron chi connectivity index (χ4n) is 4.08. The number of aliphatic hydroxyl groups is 4. The number of rotatable bonds is 4. The maximum atomic E-state index is 12.4. The molecular formula is C25H22O10. The topological polar surface area (TPSA) is 155 Å². The third kappa shape index (κ3) is 3.82. The summed E-state index contributed by atoms with van der Waals surface area (Å²) in [6.07, 6.45) is -4.91. The van der Waals surface area contributed by atoms with Crippen molar-refractivity contribution in [2.24, 2.45) is 0 Å². The SMILES string of the molecule is [2H]C1=C(O)C([2H])=C2O[C@H](c3ccc4c(c3)O[C@H](c3cc([2H])c(O)c(OC)c3)[C@@H](CO)O4)[C@@H](O)C(O)=C2C1=O. The number of aliphatic hydroxyl groups excluding tert-OH is 4. The van der Waals surface area contributed by atoms with E-state index in [-0.39, 0.29) is 34.6 Å². The Hall–Kier alpha value is -4.15. The molecule has 0 unspecified atom stereocenters. The van der Waals surface area contributed by atoms with Crippen molar-refractivity contribution in [1.29, 1.82) is 0 Å². The molecule has 0 saturated carbocycles. The van der Waals surface area contributed by atoms with E-state index in [2.05, 4.69) is 0 Å². The number of phenolic OH excluding ortho intramolecular Hbond substituents is 1. The molecule has 0 spiro atoms. The van der Waals surface area contributed by atoms with Gasteiger partial charge in [-0.1, -0.05) is 12.1 Å². The van der Waals surface area contributed by atoms with Crippen LogP contribution >= 0.6 is 0 Å². The van der Waals surface area contributed by atoms with E-state index < -0.39 is 71.8 Å². The Morgan fingerprint density at radius 2 is 1.77 bits per heavy atom. The molecule has 5 rings (SSSR count). The summed E-state index contributed by atoms with van der Waals surface area (Å²) in [5, 5.41) is 51.2. The number of allylic oxidation sites excluding steroid dienone is 3. The zero-order valence-corrected chi connectivity index (χ0v) is 18.2. The number of phenols is 1. The molecule has 0 amide bonds. The van der Waals surface area contributed by atoms with Gasteiger partial charge < -0.3 is 44.5 Å². The lowest BCUT2D eigenvalue weighted by Gasteiger charge is -2.35. The van der Waals surface area contributed by atoms with E-state index in [1.807, 2.05) is 0 Å². The second-order valence-corrected chi connectivity index (χ2v) is 7.93. The molecule has 5 N–H and O–H groups in total. The predicted octanol–water partition coefficient (Wildman–Crippen LogP) is 2.43. The van der Waals surface area contributed by atoms with Crippen LogP contribution < -0.4 is 14.2 Å². The standard InChI is InChI=1S/C25H22O10/c1-32-17-6-11(2-4-14(17)28)24-20(10-26)33-16-5-3-12(7-18(16)34-24)25-23(31)22(30)21-15(29)8-13(27)9-19(21)35-25/h2-9,20,23-28,30-31H,10H2,1H3/t20-,23+,24-,25-/m1/s1/i4D,8D,9D. The lowest BCUT2D eigenvalue weighted by molar-refractivity contribution is -0.113. The van der Waals surface area contributed by atoms with Crippen molar-refractivity contribution < 1.29 is 53.4 Å². The van der Waals surface area contributed by atoms with Crippen LogP contribution in [0, 0.1) is 0 Å². The number of hydrogen-bond acceptors (Lipinski definition) is 10. The minimum Gasteiger partial charge on any atom is -0.508 e. The molecule has 0 fully saturated rings. The number of ketones is 1. The van der Waals surface area contributed by atoms with E-state index in [0.717, 1.165) is 0 Å². The number of hydrogen-bond donors (Lipinski definition) is 5. The number of carbonyl (C=O) groups excluding carboxylic acids is 1. The van der Waals surface area contributed by atoms with Gasteiger partial charge in [0.15, 0.2) is 53.2 Å². The summed E-state index contributed by atoms with van der Waals surface area (Å²) in [6.45, 7) is -0.447. The number of benzene rings is 2. The van der Waals surface area contributed by atoms with Crippen LogP contribution in [0.2, 0.25) is 0 Å². The second-order valence-electron chi connectivity index (χ2n) is 7.93. The molecular weight excluding hydrogens is 460 g/mol. The summed E-state index contributed by atoms with van der Waals surface area (Å²) >= 11 is 0. The number of fused-ring (bicyclic) bond motifs is 2. The van der Waals surface area contributed by atoms with Crippen LogP contribution in [0.1, 0.15) is 27.4 Å². The van der Waals surface area contributed by atoms with Gasteiger partial charge in [0.25, 0.3) is 0 Å². The molecule has 0 bridgehead atoms. The molecule has 1 aliphatic carbocycles. The molecule has 3 aliphatic rings. The summed E-state index contributed by atoms with van der Waals surface area (Å²) in [5.74, 6) is -3.26. The number of methoxy groups -OCH3 is 1. The van der Waals surface area contributed by atoms with Crippen molar-refractivity contribution in [1.82, 2.24) is 0 Å². The first-order chi connectivity index (χ1) is 18.1. The number of aromatic hydroxyl groups is 1. The summed E-state index contributed by atoms with van der Waals surface area (Å²) in [4.78, 5) is 12.4. The average Bonchev–Trinajstić information content (AvgIpc) is 2.92. The maximum absolute atomic E-state index is 12.4.